The first-order valence-corrected chi connectivity index (χ1v) is 23.2. The number of aliphatic hydroxyl groups is 8. The molecule has 406 valence electrons. The van der Waals surface area contributed by atoms with Gasteiger partial charge in [-0.1, -0.05) is 12.1 Å². The molecule has 4 aliphatic heterocycles. The fourth-order valence-electron chi connectivity index (χ4n) is 8.18. The summed E-state index contributed by atoms with van der Waals surface area (Å²) in [6.07, 6.45) is -21.0. The van der Waals surface area contributed by atoms with Crippen LogP contribution in [0, 0.1) is 0 Å². The minimum atomic E-state index is -2.08. The summed E-state index contributed by atoms with van der Waals surface area (Å²) in [5, 5.41) is 127. The topological polar surface area (TPSA) is 395 Å². The Labute approximate surface area is 429 Å². The smallest absolute Gasteiger partial charge is 0.508 e. The molecule has 0 radical (unpaired) electrons. The van der Waals surface area contributed by atoms with Crippen LogP contribution in [0.5, 0.6) is 40.2 Å². The number of aromatic hydroxyl groups is 4. The number of fused-ring (bicyclic) bond motifs is 1. The highest BCUT2D eigenvalue weighted by molar-refractivity contribution is 5.88. The van der Waals surface area contributed by atoms with Crippen molar-refractivity contribution in [2.75, 3.05) is 26.9 Å². The van der Waals surface area contributed by atoms with E-state index in [-0.39, 0.29) is 57.0 Å². The Morgan fingerprint density at radius 2 is 1.34 bits per heavy atom. The highest BCUT2D eigenvalue weighted by Crippen LogP contribution is 2.44. The van der Waals surface area contributed by atoms with Gasteiger partial charge in [-0.2, -0.15) is 0 Å². The molecule has 13 N–H and O–H groups in total. The van der Waals surface area contributed by atoms with Crippen molar-refractivity contribution in [1.29, 1.82) is 0 Å². The third kappa shape index (κ3) is 12.3. The first kappa shape index (κ1) is 54.9. The summed E-state index contributed by atoms with van der Waals surface area (Å²) in [5.74, 6) is -4.01. The molecule has 76 heavy (non-hydrogen) atoms. The second kappa shape index (κ2) is 23.7. The minimum Gasteiger partial charge on any atom is -0.508 e. The molecule has 0 amide bonds. The van der Waals surface area contributed by atoms with Crippen LogP contribution in [0.1, 0.15) is 11.1 Å². The highest BCUT2D eigenvalue weighted by atomic mass is 16.8. The molecule has 25 heteroatoms. The van der Waals surface area contributed by atoms with Crippen molar-refractivity contribution in [1.82, 2.24) is 0 Å². The summed E-state index contributed by atoms with van der Waals surface area (Å²) in [6, 6.07) is 16.6. The maximum atomic E-state index is 13.2. The SMILES string of the molecule is COc1cc(C=CC(=[OH+])OC[C@H]2O[C@@H](Oc3cc4c(O[C@@H]5O[C@H](CO)[C@@H](O)[C@H](O)[C@H]5O)cc(=O)cc-4oc3-c3ccc(O)cc3)[C@H](O[C@@H]3OC[C@@H](O)[C@H](O)[C@H]3OC(=O)C=Cc3ccc(O)c(O)c3)[C@@H](O)[C@@H]2O)ccc1O. The molecule has 0 spiro atoms. The summed E-state index contributed by atoms with van der Waals surface area (Å²) in [6.45, 7) is -2.13. The largest absolute Gasteiger partial charge is 0.510 e. The third-order valence-electron chi connectivity index (χ3n) is 12.3. The van der Waals surface area contributed by atoms with E-state index in [2.05, 4.69) is 0 Å². The number of phenols is 4. The monoisotopic (exact) mass is 1070 g/mol. The van der Waals surface area contributed by atoms with Gasteiger partial charge in [0, 0.05) is 23.8 Å². The summed E-state index contributed by atoms with van der Waals surface area (Å²) < 4.78 is 58.3. The second-order valence-corrected chi connectivity index (χ2v) is 17.5. The van der Waals surface area contributed by atoms with E-state index in [1.165, 1.54) is 73.9 Å². The van der Waals surface area contributed by atoms with Gasteiger partial charge in [0.1, 0.15) is 66.1 Å². The van der Waals surface area contributed by atoms with Crippen molar-refractivity contribution < 1.29 is 118 Å². The molecule has 3 fully saturated rings. The van der Waals surface area contributed by atoms with Crippen LogP contribution in [-0.4, -0.2) is 191 Å². The van der Waals surface area contributed by atoms with E-state index in [4.69, 9.17) is 47.0 Å². The number of hydrogen-bond donors (Lipinski definition) is 12. The number of rotatable bonds is 16. The third-order valence-corrected chi connectivity index (χ3v) is 12.3. The Balaban J connectivity index is 1.15. The van der Waals surface area contributed by atoms with Crippen LogP contribution in [0.15, 0.2) is 100 Å². The molecule has 4 heterocycles. The molecule has 1 aliphatic carbocycles. The molecule has 0 saturated carbocycles. The summed E-state index contributed by atoms with van der Waals surface area (Å²) >= 11 is 0. The lowest BCUT2D eigenvalue weighted by molar-refractivity contribution is -0.345. The van der Waals surface area contributed by atoms with Crippen LogP contribution in [0.2, 0.25) is 0 Å². The van der Waals surface area contributed by atoms with Crippen molar-refractivity contribution in [2.45, 2.75) is 86.0 Å². The maximum Gasteiger partial charge on any atom is 0.510 e. The van der Waals surface area contributed by atoms with Crippen LogP contribution >= 0.6 is 0 Å². The van der Waals surface area contributed by atoms with Crippen LogP contribution in [-0.2, 0) is 33.2 Å². The van der Waals surface area contributed by atoms with Crippen molar-refractivity contribution >= 4 is 24.1 Å². The van der Waals surface area contributed by atoms with E-state index in [0.717, 1.165) is 36.4 Å². The zero-order chi connectivity index (χ0) is 54.5. The van der Waals surface area contributed by atoms with Gasteiger partial charge in [0.15, 0.2) is 64.5 Å². The summed E-state index contributed by atoms with van der Waals surface area (Å²) in [7, 11) is 1.34. The normalized spacial score (nSPS) is 28.8. The number of ether oxygens (including phenoxy) is 9. The van der Waals surface area contributed by atoms with Crippen molar-refractivity contribution in [3.05, 3.63) is 112 Å². The molecule has 25 nitrogen and oxygen atoms in total. The predicted octanol–water partition coefficient (Wildman–Crippen LogP) is -0.432. The number of carbonyl (C=O) groups excluding carboxylic acids is 2. The summed E-state index contributed by atoms with van der Waals surface area (Å²) in [5.41, 5.74) is 0.0950. The zero-order valence-corrected chi connectivity index (χ0v) is 39.7. The zero-order valence-electron chi connectivity index (χ0n) is 39.7. The van der Waals surface area contributed by atoms with Crippen molar-refractivity contribution in [3.8, 4) is 62.9 Å². The van der Waals surface area contributed by atoms with Gasteiger partial charge in [-0.3, -0.25) is 4.79 Å². The van der Waals surface area contributed by atoms with Crippen LogP contribution in [0.3, 0.4) is 0 Å². The molecule has 5 aliphatic rings. The predicted molar refractivity (Wildman–Crippen MR) is 256 cm³/mol. The standard InChI is InChI=1S/C51H52O25/c1-67-34-15-23(3-11-29(34)56)4-12-38(59)68-21-37-42(63)44(65)48(76-50-47(40(61)31(58)20-69-50)75-39(60)13-5-22-2-10-28(55)30(57)14-22)51(74-37)72-35-18-27-32(70-46(35)24-6-8-25(53)9-7-24)16-26(54)17-33(27)71-49-45(66)43(64)41(62)36(19-52)73-49/h2-18,31,36-37,40-45,47-53,55-58,61-66H,19-21H2,1H3/p+1/t31-,36-,37-,40+,41-,42-,43+,44+,45-,47-,48-,49-,50+,51-/m1/s1. The molecule has 8 rings (SSSR count). The highest BCUT2D eigenvalue weighted by Gasteiger charge is 2.52. The van der Waals surface area contributed by atoms with E-state index in [1.807, 2.05) is 0 Å². The molecular formula is C51H53O25+. The molecule has 14 atom stereocenters. The average Bonchev–Trinajstić information content (AvgIpc) is 3.41. The Bertz CT molecular complexity index is 2920. The first-order valence-electron chi connectivity index (χ1n) is 23.2. The van der Waals surface area contributed by atoms with Gasteiger partial charge in [0.25, 0.3) is 0 Å². The van der Waals surface area contributed by atoms with E-state index in [1.54, 1.807) is 0 Å². The Morgan fingerprint density at radius 3 is 2.05 bits per heavy atom. The molecular weight excluding hydrogens is 1010 g/mol. The molecule has 3 saturated heterocycles. The van der Waals surface area contributed by atoms with Gasteiger partial charge < -0.3 is 113 Å². The van der Waals surface area contributed by atoms with Gasteiger partial charge in [0.05, 0.1) is 32.0 Å². The molecule has 3 aromatic rings. The van der Waals surface area contributed by atoms with Gasteiger partial charge >= 0.3 is 11.9 Å². The number of benzene rings is 4. The average molecular weight is 1070 g/mol. The van der Waals surface area contributed by atoms with Gasteiger partial charge in [-0.25, -0.2) is 4.79 Å². The molecule has 0 bridgehead atoms. The Kier molecular flexibility index (Phi) is 17.1. The second-order valence-electron chi connectivity index (χ2n) is 17.5. The fraction of sp³-hybridized carbons (Fsp3) is 0.353. The number of methoxy groups -OCH3 is 1. The molecule has 3 aromatic carbocycles. The Hall–Kier alpha value is -7.37. The number of carbonyl (C=O) groups is 1. The number of hydrogen-bond acceptors (Lipinski definition) is 24. The van der Waals surface area contributed by atoms with Crippen LogP contribution < -0.4 is 19.6 Å². The lowest BCUT2D eigenvalue weighted by Gasteiger charge is -2.44. The first-order chi connectivity index (χ1) is 36.3. The van der Waals surface area contributed by atoms with E-state index < -0.39 is 135 Å². The summed E-state index contributed by atoms with van der Waals surface area (Å²) in [4.78, 5) is 37.1. The van der Waals surface area contributed by atoms with Crippen LogP contribution in [0.4, 0.5) is 0 Å². The van der Waals surface area contributed by atoms with E-state index in [9.17, 15) is 75.7 Å². The fourth-order valence-corrected chi connectivity index (χ4v) is 8.18. The number of aliphatic hydroxyl groups excluding tert-OH is 8. The maximum absolute atomic E-state index is 13.2. The van der Waals surface area contributed by atoms with Gasteiger partial charge in [0.2, 0.25) is 19.2 Å². The van der Waals surface area contributed by atoms with Gasteiger partial charge in [-0.15, -0.1) is 0 Å². The number of esters is 2. The Morgan fingerprint density at radius 1 is 0.671 bits per heavy atom. The van der Waals surface area contributed by atoms with E-state index in [0.29, 0.717) is 5.56 Å². The lowest BCUT2D eigenvalue weighted by atomic mass is 9.98. The number of phenolic OH excluding ortho intramolecular Hbond substituents is 4. The van der Waals surface area contributed by atoms with Gasteiger partial charge in [-0.05, 0) is 77.9 Å². The lowest BCUT2D eigenvalue weighted by Crippen LogP contribution is -2.64. The van der Waals surface area contributed by atoms with Crippen molar-refractivity contribution in [2.24, 2.45) is 0 Å². The molecule has 0 unspecified atom stereocenters. The van der Waals surface area contributed by atoms with Crippen LogP contribution in [0.25, 0.3) is 34.8 Å². The molecule has 0 aromatic heterocycles. The quantitative estimate of drug-likeness (QED) is 0.0258. The van der Waals surface area contributed by atoms with E-state index >= 15 is 0 Å². The van der Waals surface area contributed by atoms with Crippen molar-refractivity contribution in [3.63, 3.8) is 0 Å². The minimum absolute atomic E-state index is 0.0873.